The van der Waals surface area contributed by atoms with Gasteiger partial charge in [-0.25, -0.2) is 4.98 Å². The molecule has 4 rings (SSSR count). The van der Waals surface area contributed by atoms with Crippen LogP contribution in [0, 0.1) is 6.92 Å². The molecule has 3 heterocycles. The van der Waals surface area contributed by atoms with Crippen molar-refractivity contribution in [3.05, 3.63) is 45.6 Å². The Labute approximate surface area is 166 Å². The molecule has 144 valence electrons. The van der Waals surface area contributed by atoms with E-state index in [1.54, 1.807) is 0 Å². The number of aliphatic hydroxyl groups is 1. The highest BCUT2D eigenvalue weighted by Gasteiger charge is 2.32. The Morgan fingerprint density at radius 1 is 1.22 bits per heavy atom. The fourth-order valence-electron chi connectivity index (χ4n) is 3.61. The first-order valence-electron chi connectivity index (χ1n) is 8.95. The second-order valence-electron chi connectivity index (χ2n) is 6.67. The molecule has 0 radical (unpaired) electrons. The third-order valence-corrected chi connectivity index (χ3v) is 6.36. The van der Waals surface area contributed by atoms with Crippen molar-refractivity contribution in [2.75, 3.05) is 39.3 Å². The predicted octanol–water partition coefficient (Wildman–Crippen LogP) is 2.16. The van der Waals surface area contributed by atoms with Gasteiger partial charge in [-0.15, -0.1) is 5.10 Å². The Bertz CT molecular complexity index is 935. The SMILES string of the molecule is Cc1nc2sc([C@@H](c3ccccc3Cl)N3CCN(CCO)CC3)c(O)n2n1. The number of β-amino-alcohol motifs (C(OH)–C–C–N with tert-alkyl or cyclic N) is 1. The predicted molar refractivity (Wildman–Crippen MR) is 106 cm³/mol. The molecule has 0 unspecified atom stereocenters. The van der Waals surface area contributed by atoms with Crippen LogP contribution in [-0.4, -0.2) is 73.9 Å². The van der Waals surface area contributed by atoms with Crippen LogP contribution < -0.4 is 0 Å². The lowest BCUT2D eigenvalue weighted by Gasteiger charge is -2.39. The number of fused-ring (bicyclic) bond motifs is 1. The molecule has 1 fully saturated rings. The third kappa shape index (κ3) is 3.55. The van der Waals surface area contributed by atoms with Crippen LogP contribution in [0.3, 0.4) is 0 Å². The molecule has 27 heavy (non-hydrogen) atoms. The van der Waals surface area contributed by atoms with E-state index in [4.69, 9.17) is 11.6 Å². The number of aryl methyl sites for hydroxylation is 1. The molecule has 3 aromatic rings. The van der Waals surface area contributed by atoms with Gasteiger partial charge in [0.05, 0.1) is 17.5 Å². The van der Waals surface area contributed by atoms with Gasteiger partial charge in [0, 0.05) is 37.7 Å². The van der Waals surface area contributed by atoms with Gasteiger partial charge < -0.3 is 10.2 Å². The molecule has 0 amide bonds. The fraction of sp³-hybridized carbons (Fsp3) is 0.444. The molecule has 0 spiro atoms. The number of hydrogen-bond donors (Lipinski definition) is 2. The quantitative estimate of drug-likeness (QED) is 0.675. The maximum absolute atomic E-state index is 10.8. The van der Waals surface area contributed by atoms with Crippen molar-refractivity contribution in [3.63, 3.8) is 0 Å². The largest absolute Gasteiger partial charge is 0.492 e. The van der Waals surface area contributed by atoms with Crippen LogP contribution in [0.1, 0.15) is 22.3 Å². The van der Waals surface area contributed by atoms with E-state index in [1.807, 2.05) is 31.2 Å². The van der Waals surface area contributed by atoms with E-state index in [2.05, 4.69) is 19.9 Å². The van der Waals surface area contributed by atoms with Crippen LogP contribution in [0.25, 0.3) is 4.96 Å². The van der Waals surface area contributed by atoms with E-state index in [1.165, 1.54) is 15.9 Å². The number of thiazole rings is 1. The monoisotopic (exact) mass is 407 g/mol. The molecule has 1 aliphatic rings. The van der Waals surface area contributed by atoms with Gasteiger partial charge in [0.25, 0.3) is 0 Å². The zero-order valence-corrected chi connectivity index (χ0v) is 16.6. The van der Waals surface area contributed by atoms with Crippen molar-refractivity contribution in [1.29, 1.82) is 0 Å². The number of aliphatic hydroxyl groups excluding tert-OH is 1. The first kappa shape index (κ1) is 18.6. The van der Waals surface area contributed by atoms with Crippen LogP contribution in [-0.2, 0) is 0 Å². The Hall–Kier alpha value is -1.71. The number of hydrogen-bond acceptors (Lipinski definition) is 7. The summed E-state index contributed by atoms with van der Waals surface area (Å²) in [7, 11) is 0. The number of nitrogens with zero attached hydrogens (tertiary/aromatic N) is 5. The van der Waals surface area contributed by atoms with Gasteiger partial charge in [0.1, 0.15) is 5.82 Å². The standard InChI is InChI=1S/C18H22ClN5O2S/c1-12-20-18-24(21-12)17(26)16(27-18)15(13-4-2-3-5-14(13)19)23-8-6-22(7-9-23)10-11-25/h2-5,15,25-26H,6-11H2,1H3/t15-/m1/s1. The molecule has 1 aromatic carbocycles. The minimum absolute atomic E-state index is 0.123. The van der Waals surface area contributed by atoms with Crippen LogP contribution in [0.15, 0.2) is 24.3 Å². The lowest BCUT2D eigenvalue weighted by atomic mass is 10.0. The van der Waals surface area contributed by atoms with Gasteiger partial charge in [-0.2, -0.15) is 4.52 Å². The van der Waals surface area contributed by atoms with Gasteiger partial charge in [-0.05, 0) is 18.6 Å². The van der Waals surface area contributed by atoms with Crippen LogP contribution >= 0.6 is 22.9 Å². The summed E-state index contributed by atoms with van der Waals surface area (Å²) in [4.78, 5) is 10.4. The molecule has 0 bridgehead atoms. The summed E-state index contributed by atoms with van der Waals surface area (Å²) < 4.78 is 1.50. The van der Waals surface area contributed by atoms with Gasteiger partial charge >= 0.3 is 0 Å². The molecule has 2 N–H and O–H groups in total. The number of halogens is 1. The molecule has 0 aliphatic carbocycles. The lowest BCUT2D eigenvalue weighted by molar-refractivity contribution is 0.0946. The highest BCUT2D eigenvalue weighted by Crippen LogP contribution is 2.42. The molecular formula is C18H22ClN5O2S. The van der Waals surface area contributed by atoms with Gasteiger partial charge in [0.2, 0.25) is 10.8 Å². The fourth-order valence-corrected chi connectivity index (χ4v) is 5.01. The molecule has 7 nitrogen and oxygen atoms in total. The van der Waals surface area contributed by atoms with E-state index in [0.29, 0.717) is 22.4 Å². The van der Waals surface area contributed by atoms with Gasteiger partial charge in [-0.1, -0.05) is 41.1 Å². The topological polar surface area (TPSA) is 77.1 Å². The number of aromatic hydroxyl groups is 1. The van der Waals surface area contributed by atoms with E-state index < -0.39 is 0 Å². The van der Waals surface area contributed by atoms with Gasteiger partial charge in [0.15, 0.2) is 0 Å². The maximum atomic E-state index is 10.8. The smallest absolute Gasteiger partial charge is 0.230 e. The van der Waals surface area contributed by atoms with Crippen molar-refractivity contribution < 1.29 is 10.2 Å². The number of rotatable bonds is 5. The van der Waals surface area contributed by atoms with Crippen molar-refractivity contribution in [1.82, 2.24) is 24.4 Å². The molecular weight excluding hydrogens is 386 g/mol. The summed E-state index contributed by atoms with van der Waals surface area (Å²) in [6.07, 6.45) is 0. The van der Waals surface area contributed by atoms with Crippen molar-refractivity contribution in [2.24, 2.45) is 0 Å². The number of aromatic nitrogens is 3. The summed E-state index contributed by atoms with van der Waals surface area (Å²) in [6.45, 7) is 6.03. The molecule has 1 atom stereocenters. The first-order chi connectivity index (χ1) is 13.1. The summed E-state index contributed by atoms with van der Waals surface area (Å²) in [6, 6.07) is 7.60. The zero-order valence-electron chi connectivity index (χ0n) is 15.0. The molecule has 0 saturated carbocycles. The lowest BCUT2D eigenvalue weighted by Crippen LogP contribution is -2.48. The third-order valence-electron chi connectivity index (χ3n) is 4.94. The van der Waals surface area contributed by atoms with Crippen molar-refractivity contribution >= 4 is 27.9 Å². The average molecular weight is 408 g/mol. The number of piperazine rings is 1. The van der Waals surface area contributed by atoms with E-state index in [-0.39, 0.29) is 18.5 Å². The van der Waals surface area contributed by atoms with Gasteiger partial charge in [-0.3, -0.25) is 9.80 Å². The molecule has 2 aromatic heterocycles. The summed E-state index contributed by atoms with van der Waals surface area (Å²) in [5.74, 6) is 0.758. The summed E-state index contributed by atoms with van der Waals surface area (Å²) in [5.41, 5.74) is 0.964. The summed E-state index contributed by atoms with van der Waals surface area (Å²) in [5, 5.41) is 25.0. The normalized spacial score (nSPS) is 17.6. The first-order valence-corrected chi connectivity index (χ1v) is 10.1. The Morgan fingerprint density at radius 3 is 2.63 bits per heavy atom. The maximum Gasteiger partial charge on any atom is 0.230 e. The minimum atomic E-state index is -0.163. The van der Waals surface area contributed by atoms with Crippen LogP contribution in [0.5, 0.6) is 5.88 Å². The second kappa shape index (κ2) is 7.73. The van der Waals surface area contributed by atoms with Crippen LogP contribution in [0.4, 0.5) is 0 Å². The minimum Gasteiger partial charge on any atom is -0.492 e. The molecule has 1 aliphatic heterocycles. The zero-order chi connectivity index (χ0) is 19.0. The molecule has 9 heteroatoms. The highest BCUT2D eigenvalue weighted by molar-refractivity contribution is 7.17. The van der Waals surface area contributed by atoms with E-state index in [9.17, 15) is 10.2 Å². The number of benzene rings is 1. The van der Waals surface area contributed by atoms with Crippen LogP contribution in [0.2, 0.25) is 5.02 Å². The Kier molecular flexibility index (Phi) is 5.34. The van der Waals surface area contributed by atoms with Crippen molar-refractivity contribution in [2.45, 2.75) is 13.0 Å². The average Bonchev–Trinajstić information content (AvgIpc) is 3.16. The molecule has 1 saturated heterocycles. The van der Waals surface area contributed by atoms with Crippen molar-refractivity contribution in [3.8, 4) is 5.88 Å². The Balaban J connectivity index is 1.73. The highest BCUT2D eigenvalue weighted by atomic mass is 35.5. The second-order valence-corrected chi connectivity index (χ2v) is 8.08. The van der Waals surface area contributed by atoms with E-state index >= 15 is 0 Å². The summed E-state index contributed by atoms with van der Waals surface area (Å²) >= 11 is 7.98. The van der Waals surface area contributed by atoms with E-state index in [0.717, 1.165) is 36.6 Å². The Morgan fingerprint density at radius 2 is 1.96 bits per heavy atom.